The summed E-state index contributed by atoms with van der Waals surface area (Å²) in [6, 6.07) is 10.6. The molecule has 1 aliphatic rings. The van der Waals surface area contributed by atoms with E-state index in [-0.39, 0.29) is 0 Å². The molecule has 1 atom stereocenters. The van der Waals surface area contributed by atoms with Crippen molar-refractivity contribution in [3.8, 4) is 5.75 Å². The minimum Gasteiger partial charge on any atom is -0.409 e. The molecule has 0 N–H and O–H groups in total. The Morgan fingerprint density at radius 3 is 2.44 bits per heavy atom. The molecule has 0 bridgehead atoms. The lowest BCUT2D eigenvalue weighted by atomic mass is 10.2. The van der Waals surface area contributed by atoms with Gasteiger partial charge in [0, 0.05) is 32.0 Å². The lowest BCUT2D eigenvalue weighted by Gasteiger charge is -2.38. The lowest BCUT2D eigenvalue weighted by Crippen LogP contribution is -2.40. The first-order valence-electron chi connectivity index (χ1n) is 8.38. The minimum absolute atomic E-state index is 0.322. The number of ether oxygens (including phenoxy) is 1. The number of anilines is 2. The quantitative estimate of drug-likeness (QED) is 0.574. The summed E-state index contributed by atoms with van der Waals surface area (Å²) in [6.07, 6.45) is -3.50. The van der Waals surface area contributed by atoms with Crippen LogP contribution in [0, 0.1) is 0 Å². The van der Waals surface area contributed by atoms with Crippen LogP contribution in [-0.2, 0) is 16.3 Å². The average Bonchev–Trinajstić information content (AvgIpc) is 2.65. The Bertz CT molecular complexity index is 937. The van der Waals surface area contributed by atoms with Crippen LogP contribution in [0.4, 0.5) is 16.2 Å². The van der Waals surface area contributed by atoms with Gasteiger partial charge in [0.1, 0.15) is 5.75 Å². The van der Waals surface area contributed by atoms with Crippen molar-refractivity contribution in [2.75, 3.05) is 29.8 Å². The minimum atomic E-state index is -2.90. The third kappa shape index (κ3) is 3.57. The molecule has 1 aliphatic heterocycles. The van der Waals surface area contributed by atoms with Crippen molar-refractivity contribution in [1.29, 1.82) is 0 Å². The van der Waals surface area contributed by atoms with Crippen molar-refractivity contribution in [2.45, 2.75) is 13.8 Å². The van der Waals surface area contributed by atoms with E-state index in [0.29, 0.717) is 26.8 Å². The molecule has 144 valence electrons. The van der Waals surface area contributed by atoms with Gasteiger partial charge in [-0.3, -0.25) is 0 Å². The Morgan fingerprint density at radius 1 is 1.15 bits per heavy atom. The predicted molar refractivity (Wildman–Crippen MR) is 116 cm³/mol. The van der Waals surface area contributed by atoms with E-state index in [2.05, 4.69) is 18.7 Å². The number of carbonyl (C=O) groups is 1. The Hall–Kier alpha value is -1.30. The first-order chi connectivity index (χ1) is 12.8. The number of hydrogen-bond acceptors (Lipinski definition) is 5. The maximum atomic E-state index is 12.8. The molecule has 1 amide bonds. The van der Waals surface area contributed by atoms with Crippen LogP contribution in [-0.4, -0.2) is 26.3 Å². The highest BCUT2D eigenvalue weighted by atomic mass is 35.5. The van der Waals surface area contributed by atoms with E-state index >= 15 is 0 Å². The number of carbonyl (C=O) groups excluding carboxylic acids is 1. The molecule has 5 nitrogen and oxygen atoms in total. The van der Waals surface area contributed by atoms with Gasteiger partial charge in [-0.1, -0.05) is 23.2 Å². The molecule has 0 radical (unpaired) electrons. The number of rotatable bonds is 5. The molecule has 2 aromatic rings. The van der Waals surface area contributed by atoms with Crippen LogP contribution < -0.4 is 19.6 Å². The zero-order valence-electron chi connectivity index (χ0n) is 15.1. The van der Waals surface area contributed by atoms with Crippen LogP contribution in [0.2, 0.25) is 10.0 Å². The van der Waals surface area contributed by atoms with Crippen molar-refractivity contribution in [3.63, 3.8) is 0 Å². The zero-order valence-corrected chi connectivity index (χ0v) is 18.3. The summed E-state index contributed by atoms with van der Waals surface area (Å²) in [7, 11) is 1.51. The van der Waals surface area contributed by atoms with E-state index < -0.39 is 12.5 Å². The van der Waals surface area contributed by atoms with Crippen molar-refractivity contribution in [1.82, 2.24) is 0 Å². The molecule has 0 saturated heterocycles. The molecule has 2 aromatic carbocycles. The highest BCUT2D eigenvalue weighted by Gasteiger charge is 2.42. The molecular weight excluding hydrogens is 426 g/mol. The van der Waals surface area contributed by atoms with Gasteiger partial charge in [0.15, 0.2) is 6.42 Å². The Balaban J connectivity index is 2.13. The zero-order chi connectivity index (χ0) is 19.8. The molecule has 3 rings (SSSR count). The number of halogens is 2. The molecule has 1 heterocycles. The third-order valence-electron chi connectivity index (χ3n) is 4.41. The van der Waals surface area contributed by atoms with Gasteiger partial charge in [-0.2, -0.15) is 0 Å². The molecule has 0 aromatic heterocycles. The fraction of sp³-hybridized carbons (Fsp3) is 0.278. The van der Waals surface area contributed by atoms with Gasteiger partial charge in [-0.25, -0.2) is 9.46 Å². The topological polar surface area (TPSA) is 42.0 Å². The first-order valence-corrected chi connectivity index (χ1v) is 11.8. The van der Waals surface area contributed by atoms with E-state index in [1.807, 2.05) is 18.2 Å². The van der Waals surface area contributed by atoms with Crippen LogP contribution in [0.3, 0.4) is 0 Å². The van der Waals surface area contributed by atoms with Gasteiger partial charge < -0.3 is 14.2 Å². The summed E-state index contributed by atoms with van der Waals surface area (Å²) in [4.78, 5) is 15.0. The van der Waals surface area contributed by atoms with Crippen LogP contribution in [0.5, 0.6) is 5.75 Å². The van der Waals surface area contributed by atoms with Gasteiger partial charge in [0.05, 0.1) is 21.0 Å². The van der Waals surface area contributed by atoms with Gasteiger partial charge in [-0.15, -0.1) is 0 Å². The molecule has 1 unspecified atom stereocenters. The van der Waals surface area contributed by atoms with Crippen LogP contribution in [0.15, 0.2) is 36.4 Å². The summed E-state index contributed by atoms with van der Waals surface area (Å²) in [5.41, 5.74) is 1.45. The Labute approximate surface area is 173 Å². The molecule has 9 heteroatoms. The third-order valence-corrected chi connectivity index (χ3v) is 9.07. The maximum Gasteiger partial charge on any atom is 0.425 e. The highest BCUT2D eigenvalue weighted by Crippen LogP contribution is 2.57. The molecule has 0 aliphatic carbocycles. The van der Waals surface area contributed by atoms with E-state index in [1.165, 1.54) is 11.8 Å². The lowest BCUT2D eigenvalue weighted by molar-refractivity contribution is 0.210. The van der Waals surface area contributed by atoms with Crippen molar-refractivity contribution in [3.05, 3.63) is 46.4 Å². The maximum absolute atomic E-state index is 12.8. The van der Waals surface area contributed by atoms with E-state index in [4.69, 9.17) is 44.3 Å². The number of fused-ring (bicyclic) bond motifs is 1. The SMILES string of the molecule is CCN(CC)c1ccc2c(c1)OC(=O)N(c1ccc(Cl)c(Cl)c1)P2(=S)OC. The molecular formula is C18H19Cl2N2O3PS. The van der Waals surface area contributed by atoms with E-state index in [1.54, 1.807) is 18.2 Å². The van der Waals surface area contributed by atoms with Crippen LogP contribution in [0.1, 0.15) is 13.8 Å². The summed E-state index contributed by atoms with van der Waals surface area (Å²) in [5.74, 6) is 0.436. The van der Waals surface area contributed by atoms with Gasteiger partial charge >= 0.3 is 6.09 Å². The van der Waals surface area contributed by atoms with Crippen LogP contribution in [0.25, 0.3) is 0 Å². The number of nitrogens with zero attached hydrogens (tertiary/aromatic N) is 2. The van der Waals surface area contributed by atoms with Crippen molar-refractivity contribution < 1.29 is 14.1 Å². The smallest absolute Gasteiger partial charge is 0.409 e. The van der Waals surface area contributed by atoms with Crippen molar-refractivity contribution >= 4 is 64.2 Å². The summed E-state index contributed by atoms with van der Waals surface area (Å²) in [6.45, 7) is 5.83. The van der Waals surface area contributed by atoms with Crippen molar-refractivity contribution in [2.24, 2.45) is 0 Å². The summed E-state index contributed by atoms with van der Waals surface area (Å²) < 4.78 is 12.7. The first kappa shape index (κ1) is 20.4. The summed E-state index contributed by atoms with van der Waals surface area (Å²) >= 11 is 18.0. The summed E-state index contributed by atoms with van der Waals surface area (Å²) in [5, 5.41) is 1.39. The Morgan fingerprint density at radius 2 is 1.85 bits per heavy atom. The number of hydrogen-bond donors (Lipinski definition) is 0. The van der Waals surface area contributed by atoms with Gasteiger partial charge in [0.25, 0.3) is 0 Å². The van der Waals surface area contributed by atoms with E-state index in [0.717, 1.165) is 18.8 Å². The molecule has 27 heavy (non-hydrogen) atoms. The molecule has 0 spiro atoms. The largest absolute Gasteiger partial charge is 0.425 e. The van der Waals surface area contributed by atoms with Crippen LogP contribution >= 0.6 is 29.6 Å². The monoisotopic (exact) mass is 444 g/mol. The normalized spacial score (nSPS) is 18.9. The second kappa shape index (κ2) is 7.98. The molecule has 0 saturated carbocycles. The fourth-order valence-corrected chi connectivity index (χ4v) is 6.15. The van der Waals surface area contributed by atoms with Gasteiger partial charge in [-0.05, 0) is 56.0 Å². The standard InChI is InChI=1S/C18H19Cl2N2O3PS/c1-4-21(5-2)12-7-9-17-16(11-12)25-18(23)22(26(17,27)24-3)13-6-8-14(19)15(20)10-13/h6-11H,4-5H2,1-3H3. The van der Waals surface area contributed by atoms with E-state index in [9.17, 15) is 4.79 Å². The number of benzene rings is 2. The van der Waals surface area contributed by atoms with Gasteiger partial charge in [0.2, 0.25) is 0 Å². The average molecular weight is 445 g/mol. The second-order valence-electron chi connectivity index (χ2n) is 5.81. The second-order valence-corrected chi connectivity index (χ2v) is 10.4. The number of amides is 1. The highest BCUT2D eigenvalue weighted by molar-refractivity contribution is 8.17. The Kier molecular flexibility index (Phi) is 6.04. The fourth-order valence-electron chi connectivity index (χ4n) is 3.01. The predicted octanol–water partition coefficient (Wildman–Crippen LogP) is 5.44. The molecule has 0 fully saturated rings.